The molecule has 0 heterocycles. The van der Waals surface area contributed by atoms with Crippen molar-refractivity contribution in [2.75, 3.05) is 18.9 Å². The van der Waals surface area contributed by atoms with Crippen molar-refractivity contribution < 1.29 is 4.79 Å². The summed E-state index contributed by atoms with van der Waals surface area (Å²) in [5, 5.41) is 3.59. The molecule has 4 heteroatoms. The number of nitrogens with zero attached hydrogens (tertiary/aromatic N) is 1. The number of carbonyl (C=O) groups excluding carboxylic acids is 1. The maximum atomic E-state index is 11.9. The Morgan fingerprint density at radius 1 is 1.10 bits per heavy atom. The maximum Gasteiger partial charge on any atom is 0.238 e. The second kappa shape index (κ2) is 7.08. The molecule has 2 aromatic rings. The average molecular weight is 289 g/mol. The molecule has 0 aliphatic heterocycles. The van der Waals surface area contributed by atoms with E-state index in [1.807, 2.05) is 66.5 Å². The lowest BCUT2D eigenvalue weighted by Crippen LogP contribution is -2.29. The summed E-state index contributed by atoms with van der Waals surface area (Å²) in [6, 6.07) is 17.1. The number of nitrogens with one attached hydrogen (secondary N) is 1. The van der Waals surface area contributed by atoms with Gasteiger partial charge in [-0.05, 0) is 36.9 Å². The Labute approximate surface area is 124 Å². The van der Waals surface area contributed by atoms with E-state index in [1.165, 1.54) is 0 Å². The number of benzene rings is 2. The van der Waals surface area contributed by atoms with Crippen LogP contribution in [0.1, 0.15) is 5.56 Å². The lowest BCUT2D eigenvalue weighted by molar-refractivity contribution is -0.117. The molecular weight excluding hydrogens is 272 g/mol. The van der Waals surface area contributed by atoms with Gasteiger partial charge in [-0.2, -0.15) is 0 Å². The van der Waals surface area contributed by atoms with Gasteiger partial charge in [0.25, 0.3) is 0 Å². The first-order chi connectivity index (χ1) is 9.63. The fourth-order valence-corrected chi connectivity index (χ4v) is 2.05. The molecule has 104 valence electrons. The van der Waals surface area contributed by atoms with Gasteiger partial charge in [-0.3, -0.25) is 9.69 Å². The minimum Gasteiger partial charge on any atom is -0.325 e. The third-order valence-corrected chi connectivity index (χ3v) is 3.09. The number of rotatable bonds is 5. The molecule has 3 nitrogen and oxygen atoms in total. The number of amides is 1. The van der Waals surface area contributed by atoms with Crippen LogP contribution in [0.25, 0.3) is 0 Å². The predicted octanol–water partition coefficient (Wildman–Crippen LogP) is 3.41. The minimum absolute atomic E-state index is 0.0207. The molecule has 0 radical (unpaired) electrons. The Kier molecular flexibility index (Phi) is 5.16. The Hall–Kier alpha value is -1.84. The van der Waals surface area contributed by atoms with Crippen LogP contribution in [0, 0.1) is 0 Å². The molecule has 0 saturated heterocycles. The minimum atomic E-state index is -0.0207. The molecule has 0 aliphatic carbocycles. The summed E-state index contributed by atoms with van der Waals surface area (Å²) in [5.41, 5.74) is 1.95. The summed E-state index contributed by atoms with van der Waals surface area (Å²) in [7, 11) is 1.92. The monoisotopic (exact) mass is 288 g/mol. The normalized spacial score (nSPS) is 10.6. The van der Waals surface area contributed by atoms with Crippen LogP contribution in [-0.4, -0.2) is 24.4 Å². The molecule has 0 spiro atoms. The van der Waals surface area contributed by atoms with E-state index >= 15 is 0 Å². The van der Waals surface area contributed by atoms with Crippen molar-refractivity contribution >= 4 is 23.2 Å². The first-order valence-corrected chi connectivity index (χ1v) is 6.79. The third-order valence-electron chi connectivity index (χ3n) is 2.84. The Bertz CT molecular complexity index is 554. The molecule has 1 amide bonds. The zero-order chi connectivity index (χ0) is 14.4. The summed E-state index contributed by atoms with van der Waals surface area (Å²) < 4.78 is 0. The Balaban J connectivity index is 1.83. The van der Waals surface area contributed by atoms with Gasteiger partial charge in [-0.25, -0.2) is 0 Å². The zero-order valence-corrected chi connectivity index (χ0v) is 12.1. The SMILES string of the molecule is CN(CC(=O)Nc1ccccc1)Cc1ccc(Cl)cc1. The standard InChI is InChI=1S/C16H17ClN2O/c1-19(11-13-7-9-14(17)10-8-13)12-16(20)18-15-5-3-2-4-6-15/h2-10H,11-12H2,1H3,(H,18,20). The number of anilines is 1. The number of halogens is 1. The molecule has 0 fully saturated rings. The summed E-state index contributed by atoms with van der Waals surface area (Å²) in [4.78, 5) is 13.9. The molecule has 20 heavy (non-hydrogen) atoms. The van der Waals surface area contributed by atoms with Crippen LogP contribution < -0.4 is 5.32 Å². The highest BCUT2D eigenvalue weighted by atomic mass is 35.5. The fourth-order valence-electron chi connectivity index (χ4n) is 1.92. The summed E-state index contributed by atoms with van der Waals surface area (Å²) in [6.07, 6.45) is 0. The van der Waals surface area contributed by atoms with E-state index in [1.54, 1.807) is 0 Å². The number of carbonyl (C=O) groups is 1. The van der Waals surface area contributed by atoms with Crippen LogP contribution >= 0.6 is 11.6 Å². The molecule has 2 aromatic carbocycles. The molecule has 0 aromatic heterocycles. The van der Waals surface area contributed by atoms with Crippen LogP contribution in [0.4, 0.5) is 5.69 Å². The van der Waals surface area contributed by atoms with Gasteiger partial charge in [0.1, 0.15) is 0 Å². The van der Waals surface area contributed by atoms with E-state index in [9.17, 15) is 4.79 Å². The largest absolute Gasteiger partial charge is 0.325 e. The molecule has 2 rings (SSSR count). The number of para-hydroxylation sites is 1. The van der Waals surface area contributed by atoms with E-state index in [2.05, 4.69) is 5.32 Å². The highest BCUT2D eigenvalue weighted by Crippen LogP contribution is 2.11. The Morgan fingerprint density at radius 2 is 1.75 bits per heavy atom. The van der Waals surface area contributed by atoms with Gasteiger partial charge in [0, 0.05) is 17.3 Å². The highest BCUT2D eigenvalue weighted by Gasteiger charge is 2.07. The number of hydrogen-bond acceptors (Lipinski definition) is 2. The van der Waals surface area contributed by atoms with Gasteiger partial charge in [-0.15, -0.1) is 0 Å². The predicted molar refractivity (Wildman–Crippen MR) is 82.9 cm³/mol. The van der Waals surface area contributed by atoms with E-state index in [4.69, 9.17) is 11.6 Å². The zero-order valence-electron chi connectivity index (χ0n) is 11.3. The second-order valence-corrected chi connectivity index (χ2v) is 5.15. The van der Waals surface area contributed by atoms with Gasteiger partial charge in [0.05, 0.1) is 6.54 Å². The van der Waals surface area contributed by atoms with Crippen molar-refractivity contribution in [2.24, 2.45) is 0 Å². The van der Waals surface area contributed by atoms with Crippen molar-refractivity contribution in [1.82, 2.24) is 4.90 Å². The quantitative estimate of drug-likeness (QED) is 0.914. The molecule has 0 aliphatic rings. The average Bonchev–Trinajstić information content (AvgIpc) is 2.42. The van der Waals surface area contributed by atoms with Gasteiger partial charge < -0.3 is 5.32 Å². The summed E-state index contributed by atoms with van der Waals surface area (Å²) >= 11 is 5.85. The van der Waals surface area contributed by atoms with Crippen LogP contribution in [0.3, 0.4) is 0 Å². The van der Waals surface area contributed by atoms with Crippen molar-refractivity contribution in [3.05, 3.63) is 65.2 Å². The van der Waals surface area contributed by atoms with Crippen molar-refractivity contribution in [3.63, 3.8) is 0 Å². The van der Waals surface area contributed by atoms with Gasteiger partial charge in [-0.1, -0.05) is 41.9 Å². The van der Waals surface area contributed by atoms with Crippen molar-refractivity contribution in [1.29, 1.82) is 0 Å². The van der Waals surface area contributed by atoms with E-state index in [0.29, 0.717) is 13.1 Å². The molecule has 0 saturated carbocycles. The van der Waals surface area contributed by atoms with Gasteiger partial charge in [0.15, 0.2) is 0 Å². The molecule has 1 N–H and O–H groups in total. The van der Waals surface area contributed by atoms with Crippen LogP contribution in [-0.2, 0) is 11.3 Å². The topological polar surface area (TPSA) is 32.3 Å². The first-order valence-electron chi connectivity index (χ1n) is 6.41. The Morgan fingerprint density at radius 3 is 2.40 bits per heavy atom. The first kappa shape index (κ1) is 14.6. The third kappa shape index (κ3) is 4.68. The van der Waals surface area contributed by atoms with Crippen LogP contribution in [0.2, 0.25) is 5.02 Å². The molecule has 0 bridgehead atoms. The molecule has 0 unspecified atom stereocenters. The van der Waals surface area contributed by atoms with Crippen molar-refractivity contribution in [3.8, 4) is 0 Å². The molecule has 0 atom stereocenters. The summed E-state index contributed by atoms with van der Waals surface area (Å²) in [6.45, 7) is 1.05. The lowest BCUT2D eigenvalue weighted by Gasteiger charge is -2.16. The van der Waals surface area contributed by atoms with Crippen LogP contribution in [0.15, 0.2) is 54.6 Å². The fraction of sp³-hybridized carbons (Fsp3) is 0.188. The van der Waals surface area contributed by atoms with E-state index in [0.717, 1.165) is 16.3 Å². The number of hydrogen-bond donors (Lipinski definition) is 1. The highest BCUT2D eigenvalue weighted by molar-refractivity contribution is 6.30. The van der Waals surface area contributed by atoms with Gasteiger partial charge >= 0.3 is 0 Å². The van der Waals surface area contributed by atoms with Crippen LogP contribution in [0.5, 0.6) is 0 Å². The summed E-state index contributed by atoms with van der Waals surface area (Å²) in [5.74, 6) is -0.0207. The molecular formula is C16H17ClN2O. The second-order valence-electron chi connectivity index (χ2n) is 4.71. The van der Waals surface area contributed by atoms with Crippen molar-refractivity contribution in [2.45, 2.75) is 6.54 Å². The lowest BCUT2D eigenvalue weighted by atomic mass is 10.2. The van der Waals surface area contributed by atoms with Gasteiger partial charge in [0.2, 0.25) is 5.91 Å². The number of likely N-dealkylation sites (N-methyl/N-ethyl adjacent to an activating group) is 1. The maximum absolute atomic E-state index is 11.9. The smallest absolute Gasteiger partial charge is 0.238 e. The van der Waals surface area contributed by atoms with E-state index in [-0.39, 0.29) is 5.91 Å². The van der Waals surface area contributed by atoms with E-state index < -0.39 is 0 Å².